The molecule has 19 heavy (non-hydrogen) atoms. The van der Waals surface area contributed by atoms with Gasteiger partial charge in [-0.15, -0.1) is 0 Å². The third-order valence-corrected chi connectivity index (χ3v) is 3.95. The lowest BCUT2D eigenvalue weighted by atomic mass is 9.88. The molecule has 0 bridgehead atoms. The van der Waals surface area contributed by atoms with E-state index >= 15 is 0 Å². The molecule has 1 aromatic rings. The zero-order valence-electron chi connectivity index (χ0n) is 11.7. The Morgan fingerprint density at radius 2 is 1.95 bits per heavy atom. The number of hydrogen-bond acceptors (Lipinski definition) is 4. The second kappa shape index (κ2) is 6.15. The molecule has 1 aliphatic carbocycles. The number of pyridine rings is 1. The van der Waals surface area contributed by atoms with Crippen molar-refractivity contribution in [2.75, 3.05) is 7.11 Å². The molecule has 0 spiro atoms. The number of rotatable bonds is 4. The molecule has 1 unspecified atom stereocenters. The van der Waals surface area contributed by atoms with Gasteiger partial charge in [0.15, 0.2) is 0 Å². The normalized spacial score (nSPS) is 19.7. The lowest BCUT2D eigenvalue weighted by Gasteiger charge is -2.34. The highest BCUT2D eigenvalue weighted by Gasteiger charge is 2.38. The van der Waals surface area contributed by atoms with Crippen molar-refractivity contribution in [2.24, 2.45) is 0 Å². The first-order valence-electron chi connectivity index (χ1n) is 6.93. The molecule has 1 N–H and O–H groups in total. The van der Waals surface area contributed by atoms with Gasteiger partial charge in [-0.3, -0.25) is 10.3 Å². The van der Waals surface area contributed by atoms with Gasteiger partial charge in [0.2, 0.25) is 0 Å². The molecular weight excluding hydrogens is 240 g/mol. The number of hydrogen-bond donors (Lipinski definition) is 1. The third-order valence-electron chi connectivity index (χ3n) is 3.95. The minimum Gasteiger partial charge on any atom is -0.467 e. The van der Waals surface area contributed by atoms with E-state index in [0.717, 1.165) is 18.4 Å². The van der Waals surface area contributed by atoms with Gasteiger partial charge in [0.25, 0.3) is 0 Å². The molecule has 0 aromatic carbocycles. The number of aromatic nitrogens is 1. The third kappa shape index (κ3) is 3.13. The summed E-state index contributed by atoms with van der Waals surface area (Å²) in [4.78, 5) is 16.2. The number of ether oxygens (including phenoxy) is 1. The zero-order chi connectivity index (χ0) is 13.7. The molecule has 4 nitrogen and oxygen atoms in total. The van der Waals surface area contributed by atoms with Crippen molar-refractivity contribution < 1.29 is 9.53 Å². The van der Waals surface area contributed by atoms with Gasteiger partial charge in [0.05, 0.1) is 7.11 Å². The summed E-state index contributed by atoms with van der Waals surface area (Å²) in [6.07, 6.45) is 9.41. The average molecular weight is 262 g/mol. The Labute approximate surface area is 114 Å². The van der Waals surface area contributed by atoms with Gasteiger partial charge in [0, 0.05) is 18.4 Å². The average Bonchev–Trinajstić information content (AvgIpc) is 2.48. The van der Waals surface area contributed by atoms with E-state index < -0.39 is 5.54 Å². The van der Waals surface area contributed by atoms with Crippen LogP contribution in [0, 0.1) is 0 Å². The Morgan fingerprint density at radius 1 is 1.32 bits per heavy atom. The molecule has 0 amide bonds. The first kappa shape index (κ1) is 14.0. The fourth-order valence-corrected chi connectivity index (χ4v) is 2.80. The van der Waals surface area contributed by atoms with E-state index in [0.29, 0.717) is 6.04 Å². The van der Waals surface area contributed by atoms with Gasteiger partial charge >= 0.3 is 5.97 Å². The van der Waals surface area contributed by atoms with Crippen molar-refractivity contribution in [1.82, 2.24) is 10.3 Å². The Kier molecular flexibility index (Phi) is 4.53. The van der Waals surface area contributed by atoms with Crippen LogP contribution in [-0.2, 0) is 15.1 Å². The van der Waals surface area contributed by atoms with E-state index in [1.165, 1.54) is 26.4 Å². The highest BCUT2D eigenvalue weighted by atomic mass is 16.5. The van der Waals surface area contributed by atoms with Gasteiger partial charge in [-0.2, -0.15) is 0 Å². The molecule has 1 fully saturated rings. The summed E-state index contributed by atoms with van der Waals surface area (Å²) in [5, 5.41) is 3.50. The van der Waals surface area contributed by atoms with Crippen molar-refractivity contribution in [1.29, 1.82) is 0 Å². The van der Waals surface area contributed by atoms with Crippen LogP contribution in [0.5, 0.6) is 0 Å². The fraction of sp³-hybridized carbons (Fsp3) is 0.600. The quantitative estimate of drug-likeness (QED) is 0.847. The Morgan fingerprint density at radius 3 is 2.53 bits per heavy atom. The van der Waals surface area contributed by atoms with E-state index in [1.54, 1.807) is 12.4 Å². The molecule has 4 heteroatoms. The number of nitrogens with zero attached hydrogens (tertiary/aromatic N) is 1. The van der Waals surface area contributed by atoms with E-state index in [-0.39, 0.29) is 5.97 Å². The predicted octanol–water partition coefficient (Wildman–Crippen LogP) is 2.39. The topological polar surface area (TPSA) is 51.2 Å². The molecule has 2 rings (SSSR count). The van der Waals surface area contributed by atoms with Crippen molar-refractivity contribution in [3.8, 4) is 0 Å². The largest absolute Gasteiger partial charge is 0.467 e. The number of carbonyl (C=O) groups excluding carboxylic acids is 1. The van der Waals surface area contributed by atoms with Crippen LogP contribution in [0.15, 0.2) is 24.5 Å². The lowest BCUT2D eigenvalue weighted by molar-refractivity contribution is -0.148. The maximum atomic E-state index is 12.2. The summed E-state index contributed by atoms with van der Waals surface area (Å²) < 4.78 is 4.99. The van der Waals surface area contributed by atoms with E-state index in [2.05, 4.69) is 10.3 Å². The Hall–Kier alpha value is -1.42. The first-order valence-corrected chi connectivity index (χ1v) is 6.93. The van der Waals surface area contributed by atoms with E-state index in [4.69, 9.17) is 4.74 Å². The van der Waals surface area contributed by atoms with Crippen LogP contribution in [0.25, 0.3) is 0 Å². The van der Waals surface area contributed by atoms with Gasteiger partial charge in [-0.25, -0.2) is 4.79 Å². The summed E-state index contributed by atoms with van der Waals surface area (Å²) in [5.74, 6) is -0.246. The minimum atomic E-state index is -0.792. The molecule has 1 heterocycles. The Bertz CT molecular complexity index is 415. The smallest absolute Gasteiger partial charge is 0.330 e. The van der Waals surface area contributed by atoms with Crippen molar-refractivity contribution >= 4 is 5.97 Å². The second-order valence-corrected chi connectivity index (χ2v) is 5.33. The molecular formula is C15H22N2O2. The number of methoxy groups -OCH3 is 1. The second-order valence-electron chi connectivity index (χ2n) is 5.33. The maximum Gasteiger partial charge on any atom is 0.330 e. The molecule has 1 aliphatic rings. The van der Waals surface area contributed by atoms with Gasteiger partial charge in [-0.05, 0) is 37.5 Å². The standard InChI is InChI=1S/C15H22N2O2/c1-15(14(18)19-2,12-8-10-16-11-9-12)17-13-6-4-3-5-7-13/h8-11,13,17H,3-7H2,1-2H3. The van der Waals surface area contributed by atoms with Crippen molar-refractivity contribution in [3.05, 3.63) is 30.1 Å². The van der Waals surface area contributed by atoms with Crippen molar-refractivity contribution in [2.45, 2.75) is 50.6 Å². The first-order chi connectivity index (χ1) is 9.16. The zero-order valence-corrected chi connectivity index (χ0v) is 11.7. The van der Waals surface area contributed by atoms with E-state index in [1.807, 2.05) is 19.1 Å². The van der Waals surface area contributed by atoms with Crippen LogP contribution >= 0.6 is 0 Å². The molecule has 0 aliphatic heterocycles. The lowest BCUT2D eigenvalue weighted by Crippen LogP contribution is -2.52. The van der Waals surface area contributed by atoms with Crippen molar-refractivity contribution in [3.63, 3.8) is 0 Å². The van der Waals surface area contributed by atoms with Crippen LogP contribution in [-0.4, -0.2) is 24.1 Å². The van der Waals surface area contributed by atoms with Crippen LogP contribution in [0.2, 0.25) is 0 Å². The van der Waals surface area contributed by atoms with Gasteiger partial charge in [-0.1, -0.05) is 19.3 Å². The number of carbonyl (C=O) groups is 1. The molecule has 1 aromatic heterocycles. The summed E-state index contributed by atoms with van der Waals surface area (Å²) in [5.41, 5.74) is 0.111. The molecule has 1 atom stereocenters. The van der Waals surface area contributed by atoms with Crippen LogP contribution in [0.4, 0.5) is 0 Å². The number of nitrogens with one attached hydrogen (secondary N) is 1. The van der Waals surface area contributed by atoms with Gasteiger partial charge < -0.3 is 4.74 Å². The highest BCUT2D eigenvalue weighted by Crippen LogP contribution is 2.26. The minimum absolute atomic E-state index is 0.246. The van der Waals surface area contributed by atoms with Crippen LogP contribution in [0.1, 0.15) is 44.6 Å². The van der Waals surface area contributed by atoms with Gasteiger partial charge in [0.1, 0.15) is 5.54 Å². The fourth-order valence-electron chi connectivity index (χ4n) is 2.80. The molecule has 0 saturated heterocycles. The Balaban J connectivity index is 2.21. The summed E-state index contributed by atoms with van der Waals surface area (Å²) in [7, 11) is 1.43. The number of esters is 1. The van der Waals surface area contributed by atoms with E-state index in [9.17, 15) is 4.79 Å². The monoisotopic (exact) mass is 262 g/mol. The maximum absolute atomic E-state index is 12.2. The summed E-state index contributed by atoms with van der Waals surface area (Å²) in [6, 6.07) is 4.12. The molecule has 0 radical (unpaired) electrons. The summed E-state index contributed by atoms with van der Waals surface area (Å²) in [6.45, 7) is 1.89. The SMILES string of the molecule is COC(=O)C(C)(NC1CCCCC1)c1ccncc1. The highest BCUT2D eigenvalue weighted by molar-refractivity contribution is 5.82. The van der Waals surface area contributed by atoms with Crippen LogP contribution < -0.4 is 5.32 Å². The molecule has 1 saturated carbocycles. The predicted molar refractivity (Wildman–Crippen MR) is 73.6 cm³/mol. The van der Waals surface area contributed by atoms with Crippen LogP contribution in [0.3, 0.4) is 0 Å². The molecule has 104 valence electrons. The summed E-state index contributed by atoms with van der Waals surface area (Å²) >= 11 is 0.